The summed E-state index contributed by atoms with van der Waals surface area (Å²) < 4.78 is 0. The number of piperazine rings is 1. The fourth-order valence-corrected chi connectivity index (χ4v) is 4.22. The normalized spacial score (nSPS) is 23.1. The summed E-state index contributed by atoms with van der Waals surface area (Å²) >= 11 is 0. The van der Waals surface area contributed by atoms with Crippen LogP contribution in [0.5, 0.6) is 0 Å². The molecule has 0 aliphatic carbocycles. The van der Waals surface area contributed by atoms with E-state index < -0.39 is 23.8 Å². The molecule has 148 valence electrons. The van der Waals surface area contributed by atoms with Crippen LogP contribution in [-0.2, 0) is 16.0 Å². The molecule has 4 rings (SSSR count). The van der Waals surface area contributed by atoms with Crippen LogP contribution in [0.15, 0.2) is 18.2 Å². The fourth-order valence-electron chi connectivity index (χ4n) is 4.22. The van der Waals surface area contributed by atoms with Crippen LogP contribution in [0.1, 0.15) is 45.5 Å². The van der Waals surface area contributed by atoms with Crippen molar-refractivity contribution in [3.05, 3.63) is 34.9 Å². The molecular weight excluding hydrogens is 360 g/mol. The van der Waals surface area contributed by atoms with Gasteiger partial charge in [-0.15, -0.1) is 0 Å². The van der Waals surface area contributed by atoms with E-state index >= 15 is 0 Å². The summed E-state index contributed by atoms with van der Waals surface area (Å²) in [5.74, 6) is -1.82. The number of fused-ring (bicyclic) bond motifs is 1. The van der Waals surface area contributed by atoms with Gasteiger partial charge in [0.2, 0.25) is 11.8 Å². The molecule has 3 heterocycles. The van der Waals surface area contributed by atoms with Crippen LogP contribution in [0.4, 0.5) is 0 Å². The van der Waals surface area contributed by atoms with Gasteiger partial charge in [-0.05, 0) is 37.4 Å². The number of nitrogens with zero attached hydrogens (tertiary/aromatic N) is 2. The van der Waals surface area contributed by atoms with Gasteiger partial charge in [-0.2, -0.15) is 0 Å². The predicted molar refractivity (Wildman–Crippen MR) is 101 cm³/mol. The van der Waals surface area contributed by atoms with Crippen LogP contribution in [0, 0.1) is 0 Å². The lowest BCUT2D eigenvalue weighted by Crippen LogP contribution is -2.54. The Balaban J connectivity index is 1.49. The predicted octanol–water partition coefficient (Wildman–Crippen LogP) is -0.0744. The van der Waals surface area contributed by atoms with Crippen molar-refractivity contribution >= 4 is 23.6 Å². The molecule has 1 atom stereocenters. The number of amides is 4. The van der Waals surface area contributed by atoms with E-state index in [0.717, 1.165) is 49.6 Å². The first-order valence-corrected chi connectivity index (χ1v) is 9.83. The number of aryl methyl sites for hydroxylation is 1. The number of hydrogen-bond donors (Lipinski definition) is 2. The van der Waals surface area contributed by atoms with Crippen molar-refractivity contribution in [1.82, 2.24) is 20.4 Å². The zero-order valence-corrected chi connectivity index (χ0v) is 15.7. The minimum atomic E-state index is -0.918. The maximum absolute atomic E-state index is 13.0. The average molecular weight is 384 g/mol. The van der Waals surface area contributed by atoms with Crippen molar-refractivity contribution < 1.29 is 19.2 Å². The molecule has 2 N–H and O–H groups in total. The zero-order valence-electron chi connectivity index (χ0n) is 15.7. The van der Waals surface area contributed by atoms with Gasteiger partial charge >= 0.3 is 0 Å². The third-order valence-electron chi connectivity index (χ3n) is 5.68. The highest BCUT2D eigenvalue weighted by atomic mass is 16.2. The molecule has 0 radical (unpaired) electrons. The molecule has 0 saturated carbocycles. The van der Waals surface area contributed by atoms with E-state index in [1.807, 2.05) is 6.07 Å². The maximum Gasteiger partial charge on any atom is 0.262 e. The highest BCUT2D eigenvalue weighted by Crippen LogP contribution is 2.30. The lowest BCUT2D eigenvalue weighted by atomic mass is 9.99. The van der Waals surface area contributed by atoms with Crippen LogP contribution in [0.25, 0.3) is 0 Å². The summed E-state index contributed by atoms with van der Waals surface area (Å²) in [4.78, 5) is 52.9. The second-order valence-electron chi connectivity index (χ2n) is 7.48. The molecule has 1 unspecified atom stereocenters. The SMILES string of the molecule is O=C1CCC(N2C(=O)c3cccc(CCCN4CCNCC4)c3C2=O)C(=O)N1. The third-order valence-corrected chi connectivity index (χ3v) is 5.68. The lowest BCUT2D eigenvalue weighted by Gasteiger charge is -2.28. The Bertz CT molecular complexity index is 831. The van der Waals surface area contributed by atoms with E-state index in [-0.39, 0.29) is 18.7 Å². The largest absolute Gasteiger partial charge is 0.314 e. The molecule has 2 saturated heterocycles. The molecule has 0 aromatic heterocycles. The van der Waals surface area contributed by atoms with E-state index in [1.165, 1.54) is 0 Å². The molecule has 1 aromatic carbocycles. The van der Waals surface area contributed by atoms with E-state index in [4.69, 9.17) is 0 Å². The van der Waals surface area contributed by atoms with Crippen molar-refractivity contribution in [2.24, 2.45) is 0 Å². The maximum atomic E-state index is 13.0. The molecule has 8 nitrogen and oxygen atoms in total. The minimum absolute atomic E-state index is 0.126. The van der Waals surface area contributed by atoms with Crippen LogP contribution >= 0.6 is 0 Å². The number of carbonyl (C=O) groups is 4. The Hall–Kier alpha value is -2.58. The first-order chi connectivity index (χ1) is 13.6. The van der Waals surface area contributed by atoms with E-state index in [1.54, 1.807) is 12.1 Å². The van der Waals surface area contributed by atoms with Crippen molar-refractivity contribution in [1.29, 1.82) is 0 Å². The van der Waals surface area contributed by atoms with Gasteiger partial charge in [0.1, 0.15) is 6.04 Å². The monoisotopic (exact) mass is 384 g/mol. The number of benzene rings is 1. The zero-order chi connectivity index (χ0) is 19.7. The molecule has 2 fully saturated rings. The standard InChI is InChI=1S/C20H24N4O4/c25-16-7-6-15(18(26)22-16)24-19(27)14-5-1-3-13(17(14)20(24)28)4-2-10-23-11-8-21-9-12-23/h1,3,5,15,21H,2,4,6-12H2,(H,22,25,26). The minimum Gasteiger partial charge on any atom is -0.314 e. The third kappa shape index (κ3) is 3.45. The Morgan fingerprint density at radius 2 is 1.82 bits per heavy atom. The fraction of sp³-hybridized carbons (Fsp3) is 0.500. The number of rotatable bonds is 5. The first-order valence-electron chi connectivity index (χ1n) is 9.83. The lowest BCUT2D eigenvalue weighted by molar-refractivity contribution is -0.136. The summed E-state index contributed by atoms with van der Waals surface area (Å²) in [6.45, 7) is 4.98. The first kappa shape index (κ1) is 18.8. The van der Waals surface area contributed by atoms with Crippen molar-refractivity contribution in [2.45, 2.75) is 31.7 Å². The Morgan fingerprint density at radius 1 is 1.04 bits per heavy atom. The van der Waals surface area contributed by atoms with Gasteiger partial charge in [0.25, 0.3) is 11.8 Å². The van der Waals surface area contributed by atoms with Gasteiger partial charge in [-0.1, -0.05) is 12.1 Å². The number of nitrogens with one attached hydrogen (secondary N) is 2. The van der Waals surface area contributed by atoms with Gasteiger partial charge in [0, 0.05) is 32.6 Å². The molecule has 0 bridgehead atoms. The summed E-state index contributed by atoms with van der Waals surface area (Å²) in [5, 5.41) is 5.55. The van der Waals surface area contributed by atoms with Gasteiger partial charge in [0.15, 0.2) is 0 Å². The highest BCUT2D eigenvalue weighted by Gasteiger charge is 2.45. The van der Waals surface area contributed by atoms with Crippen molar-refractivity contribution in [3.8, 4) is 0 Å². The van der Waals surface area contributed by atoms with Crippen molar-refractivity contribution in [2.75, 3.05) is 32.7 Å². The molecule has 4 amide bonds. The van der Waals surface area contributed by atoms with Gasteiger partial charge in [-0.3, -0.25) is 29.4 Å². The number of hydrogen-bond acceptors (Lipinski definition) is 6. The van der Waals surface area contributed by atoms with Gasteiger partial charge < -0.3 is 10.2 Å². The summed E-state index contributed by atoms with van der Waals surface area (Å²) in [6.07, 6.45) is 1.90. The number of piperidine rings is 1. The highest BCUT2D eigenvalue weighted by molar-refractivity contribution is 6.24. The summed E-state index contributed by atoms with van der Waals surface area (Å²) in [7, 11) is 0. The smallest absolute Gasteiger partial charge is 0.262 e. The quantitative estimate of drug-likeness (QED) is 0.690. The topological polar surface area (TPSA) is 98.8 Å². The van der Waals surface area contributed by atoms with Gasteiger partial charge in [0.05, 0.1) is 11.1 Å². The molecule has 3 aliphatic rings. The van der Waals surface area contributed by atoms with Crippen LogP contribution in [-0.4, -0.2) is 72.2 Å². The summed E-state index contributed by atoms with van der Waals surface area (Å²) in [6, 6.07) is 4.40. The molecule has 1 aromatic rings. The molecule has 8 heteroatoms. The van der Waals surface area contributed by atoms with E-state index in [9.17, 15) is 19.2 Å². The second-order valence-corrected chi connectivity index (χ2v) is 7.48. The molecule has 28 heavy (non-hydrogen) atoms. The Morgan fingerprint density at radius 3 is 2.57 bits per heavy atom. The second kappa shape index (κ2) is 7.81. The number of imide groups is 2. The van der Waals surface area contributed by atoms with E-state index in [0.29, 0.717) is 17.5 Å². The molecular formula is C20H24N4O4. The summed E-state index contributed by atoms with van der Waals surface area (Å²) in [5.41, 5.74) is 1.62. The molecule has 0 spiro atoms. The average Bonchev–Trinajstić information content (AvgIpc) is 2.94. The Kier molecular flexibility index (Phi) is 5.23. The number of carbonyl (C=O) groups excluding carboxylic acids is 4. The molecule has 3 aliphatic heterocycles. The Labute approximate surface area is 163 Å². The van der Waals surface area contributed by atoms with Crippen LogP contribution in [0.2, 0.25) is 0 Å². The van der Waals surface area contributed by atoms with Crippen molar-refractivity contribution in [3.63, 3.8) is 0 Å². The van der Waals surface area contributed by atoms with Crippen LogP contribution < -0.4 is 10.6 Å². The van der Waals surface area contributed by atoms with Gasteiger partial charge in [-0.25, -0.2) is 0 Å². The van der Waals surface area contributed by atoms with Crippen LogP contribution in [0.3, 0.4) is 0 Å². The van der Waals surface area contributed by atoms with E-state index in [2.05, 4.69) is 15.5 Å².